The number of ether oxygens (including phenoxy) is 2. The molecule has 0 bridgehead atoms. The van der Waals surface area contributed by atoms with Crippen LogP contribution >= 0.6 is 23.5 Å². The van der Waals surface area contributed by atoms with E-state index in [0.29, 0.717) is 10.6 Å². The van der Waals surface area contributed by atoms with Gasteiger partial charge in [-0.05, 0) is 49.6 Å². The van der Waals surface area contributed by atoms with Crippen molar-refractivity contribution in [2.45, 2.75) is 26.2 Å². The van der Waals surface area contributed by atoms with Crippen molar-refractivity contribution in [2.24, 2.45) is 0 Å². The standard InChI is InChI=1S/C27H29N3O5S2/c1-2-34-27(33)22-17-23(19-10-5-3-6-11-19)36-25(22)28-24(31)18-35-26(32)20-12-9-13-21(16-20)29-37-30-14-7-4-8-15-30/h3,5-6,9-13,16-17,29H,2,4,7-8,14-15,18H2,1H3,(H,28,31). The van der Waals surface area contributed by atoms with Crippen LogP contribution in [0, 0.1) is 0 Å². The van der Waals surface area contributed by atoms with Crippen molar-refractivity contribution >= 4 is 52.0 Å². The summed E-state index contributed by atoms with van der Waals surface area (Å²) in [5, 5.41) is 3.04. The molecule has 0 atom stereocenters. The van der Waals surface area contributed by atoms with Crippen LogP contribution in [-0.4, -0.2) is 48.5 Å². The fourth-order valence-electron chi connectivity index (χ4n) is 3.75. The summed E-state index contributed by atoms with van der Waals surface area (Å²) >= 11 is 2.79. The average Bonchev–Trinajstić information content (AvgIpc) is 3.36. The summed E-state index contributed by atoms with van der Waals surface area (Å²) in [6.07, 6.45) is 3.63. The monoisotopic (exact) mass is 539 g/mol. The molecule has 2 heterocycles. The molecule has 2 N–H and O–H groups in total. The SMILES string of the molecule is CCOC(=O)c1cc(-c2ccccc2)sc1NC(=O)COC(=O)c1cccc(NSN2CCCCC2)c1. The lowest BCUT2D eigenvalue weighted by atomic mass is 10.1. The van der Waals surface area contributed by atoms with E-state index < -0.39 is 24.5 Å². The van der Waals surface area contributed by atoms with Crippen molar-refractivity contribution in [3.8, 4) is 10.4 Å². The molecule has 0 saturated carbocycles. The second-order valence-electron chi connectivity index (χ2n) is 8.33. The number of piperidine rings is 1. The number of carbonyl (C=O) groups excluding carboxylic acids is 3. The highest BCUT2D eigenvalue weighted by atomic mass is 32.2. The average molecular weight is 540 g/mol. The van der Waals surface area contributed by atoms with Crippen molar-refractivity contribution in [3.05, 3.63) is 71.8 Å². The van der Waals surface area contributed by atoms with Crippen LogP contribution in [0.5, 0.6) is 0 Å². The summed E-state index contributed by atoms with van der Waals surface area (Å²) in [5.41, 5.74) is 2.29. The Morgan fingerprint density at radius 3 is 2.49 bits per heavy atom. The summed E-state index contributed by atoms with van der Waals surface area (Å²) in [6.45, 7) is 3.51. The van der Waals surface area contributed by atoms with Gasteiger partial charge in [-0.3, -0.25) is 4.79 Å². The van der Waals surface area contributed by atoms with Crippen molar-refractivity contribution in [2.75, 3.05) is 36.3 Å². The Kier molecular flexibility index (Phi) is 9.58. The quantitative estimate of drug-likeness (QED) is 0.245. The molecule has 0 aliphatic carbocycles. The molecule has 3 aromatic rings. The van der Waals surface area contributed by atoms with Crippen LogP contribution in [0.15, 0.2) is 60.7 Å². The van der Waals surface area contributed by atoms with Crippen LogP contribution < -0.4 is 10.0 Å². The molecule has 37 heavy (non-hydrogen) atoms. The van der Waals surface area contributed by atoms with Crippen LogP contribution in [0.3, 0.4) is 0 Å². The van der Waals surface area contributed by atoms with Gasteiger partial charge in [-0.1, -0.05) is 42.8 Å². The number of benzene rings is 2. The van der Waals surface area contributed by atoms with E-state index in [4.69, 9.17) is 9.47 Å². The maximum Gasteiger partial charge on any atom is 0.341 e. The topological polar surface area (TPSA) is 97.0 Å². The van der Waals surface area contributed by atoms with E-state index in [0.717, 1.165) is 29.2 Å². The number of thiophene rings is 1. The number of rotatable bonds is 10. The minimum absolute atomic E-state index is 0.213. The van der Waals surface area contributed by atoms with Gasteiger partial charge in [0.05, 0.1) is 17.7 Å². The maximum atomic E-state index is 12.6. The lowest BCUT2D eigenvalue weighted by Gasteiger charge is -2.25. The molecule has 8 nitrogen and oxygen atoms in total. The van der Waals surface area contributed by atoms with Crippen molar-refractivity contribution in [3.63, 3.8) is 0 Å². The van der Waals surface area contributed by atoms with Gasteiger partial charge in [0.2, 0.25) is 0 Å². The van der Waals surface area contributed by atoms with Gasteiger partial charge in [0.25, 0.3) is 5.91 Å². The zero-order valence-corrected chi connectivity index (χ0v) is 22.2. The number of amides is 1. The first kappa shape index (κ1) is 26.7. The van der Waals surface area contributed by atoms with Gasteiger partial charge in [0.1, 0.15) is 5.00 Å². The molecule has 10 heteroatoms. The second kappa shape index (κ2) is 13.3. The summed E-state index contributed by atoms with van der Waals surface area (Å²) < 4.78 is 15.9. The number of nitrogens with zero attached hydrogens (tertiary/aromatic N) is 1. The lowest BCUT2D eigenvalue weighted by Crippen LogP contribution is -2.24. The number of carbonyl (C=O) groups is 3. The van der Waals surface area contributed by atoms with E-state index in [9.17, 15) is 14.4 Å². The van der Waals surface area contributed by atoms with Gasteiger partial charge in [-0.25, -0.2) is 13.9 Å². The van der Waals surface area contributed by atoms with Crippen molar-refractivity contribution in [1.29, 1.82) is 0 Å². The number of nitrogens with one attached hydrogen (secondary N) is 2. The minimum atomic E-state index is -0.608. The molecule has 194 valence electrons. The Balaban J connectivity index is 1.35. The summed E-state index contributed by atoms with van der Waals surface area (Å²) in [5.74, 6) is -1.68. The third-order valence-corrected chi connectivity index (χ3v) is 7.63. The number of esters is 2. The van der Waals surface area contributed by atoms with Crippen molar-refractivity contribution < 1.29 is 23.9 Å². The molecule has 0 radical (unpaired) electrons. The first-order valence-corrected chi connectivity index (χ1v) is 13.7. The first-order valence-electron chi connectivity index (χ1n) is 12.1. The first-order chi connectivity index (χ1) is 18.0. The van der Waals surface area contributed by atoms with E-state index in [1.165, 1.54) is 42.7 Å². The maximum absolute atomic E-state index is 12.6. The third kappa shape index (κ3) is 7.58. The van der Waals surface area contributed by atoms with Gasteiger partial charge in [-0.2, -0.15) is 0 Å². The van der Waals surface area contributed by atoms with E-state index in [1.807, 2.05) is 36.4 Å². The van der Waals surface area contributed by atoms with Gasteiger partial charge < -0.3 is 19.5 Å². The van der Waals surface area contributed by atoms with Crippen LogP contribution in [0.25, 0.3) is 10.4 Å². The second-order valence-corrected chi connectivity index (χ2v) is 10.3. The Morgan fingerprint density at radius 2 is 1.73 bits per heavy atom. The highest BCUT2D eigenvalue weighted by Crippen LogP contribution is 2.36. The fraction of sp³-hybridized carbons (Fsp3) is 0.296. The number of hydrogen-bond acceptors (Lipinski definition) is 9. The minimum Gasteiger partial charge on any atom is -0.462 e. The largest absolute Gasteiger partial charge is 0.462 e. The predicted molar refractivity (Wildman–Crippen MR) is 148 cm³/mol. The van der Waals surface area contributed by atoms with E-state index in [-0.39, 0.29) is 12.2 Å². The Labute approximate surface area is 224 Å². The van der Waals surface area contributed by atoms with Gasteiger partial charge in [0, 0.05) is 35.8 Å². The molecule has 2 aromatic carbocycles. The van der Waals surface area contributed by atoms with E-state index >= 15 is 0 Å². The lowest BCUT2D eigenvalue weighted by molar-refractivity contribution is -0.119. The third-order valence-electron chi connectivity index (χ3n) is 5.58. The molecule has 1 aliphatic rings. The fourth-order valence-corrected chi connectivity index (χ4v) is 5.62. The molecule has 1 amide bonds. The Hall–Kier alpha value is -3.34. The molecule has 0 unspecified atom stereocenters. The highest BCUT2D eigenvalue weighted by molar-refractivity contribution is 7.98. The zero-order chi connectivity index (χ0) is 26.0. The highest BCUT2D eigenvalue weighted by Gasteiger charge is 2.21. The van der Waals surface area contributed by atoms with E-state index in [2.05, 4.69) is 14.3 Å². The van der Waals surface area contributed by atoms with Crippen LogP contribution in [0.2, 0.25) is 0 Å². The van der Waals surface area contributed by atoms with E-state index in [1.54, 1.807) is 31.2 Å². The van der Waals surface area contributed by atoms with Gasteiger partial charge >= 0.3 is 11.9 Å². The molecule has 4 rings (SSSR count). The Morgan fingerprint density at radius 1 is 0.946 bits per heavy atom. The molecule has 1 fully saturated rings. The van der Waals surface area contributed by atoms with Crippen LogP contribution in [0.4, 0.5) is 10.7 Å². The van der Waals surface area contributed by atoms with Gasteiger partial charge in [-0.15, -0.1) is 11.3 Å². The molecule has 0 spiro atoms. The normalized spacial score (nSPS) is 13.5. The molecular formula is C27H29N3O5S2. The molecular weight excluding hydrogens is 510 g/mol. The molecule has 1 aliphatic heterocycles. The van der Waals surface area contributed by atoms with Gasteiger partial charge in [0.15, 0.2) is 6.61 Å². The van der Waals surface area contributed by atoms with Crippen LogP contribution in [0.1, 0.15) is 46.9 Å². The zero-order valence-electron chi connectivity index (χ0n) is 20.5. The van der Waals surface area contributed by atoms with Crippen LogP contribution in [-0.2, 0) is 14.3 Å². The Bertz CT molecular complexity index is 1230. The predicted octanol–water partition coefficient (Wildman–Crippen LogP) is 5.85. The number of hydrogen-bond donors (Lipinski definition) is 2. The van der Waals surface area contributed by atoms with Crippen molar-refractivity contribution in [1.82, 2.24) is 4.31 Å². The summed E-state index contributed by atoms with van der Waals surface area (Å²) in [4.78, 5) is 38.5. The smallest absolute Gasteiger partial charge is 0.341 e. The molecule has 1 saturated heterocycles. The molecule has 1 aromatic heterocycles. The summed E-state index contributed by atoms with van der Waals surface area (Å²) in [6, 6.07) is 18.2. The summed E-state index contributed by atoms with van der Waals surface area (Å²) in [7, 11) is 0. The number of anilines is 2.